The van der Waals surface area contributed by atoms with Gasteiger partial charge in [0.2, 0.25) is 0 Å². The van der Waals surface area contributed by atoms with Gasteiger partial charge >= 0.3 is 0 Å². The van der Waals surface area contributed by atoms with E-state index in [-0.39, 0.29) is 17.9 Å². The van der Waals surface area contributed by atoms with E-state index in [1.807, 2.05) is 32.9 Å². The number of anilines is 1. The van der Waals surface area contributed by atoms with Gasteiger partial charge in [0.25, 0.3) is 5.91 Å². The number of ether oxygens (including phenoxy) is 2. The van der Waals surface area contributed by atoms with Crippen LogP contribution in [0.5, 0.6) is 11.5 Å². The molecule has 0 bridgehead atoms. The van der Waals surface area contributed by atoms with Gasteiger partial charge in [0.1, 0.15) is 22.8 Å². The molecule has 0 aliphatic carbocycles. The van der Waals surface area contributed by atoms with Gasteiger partial charge in [-0.2, -0.15) is 0 Å². The normalized spacial score (nSPS) is 10.8. The molecule has 0 aliphatic rings. The summed E-state index contributed by atoms with van der Waals surface area (Å²) in [4.78, 5) is 24.9. The minimum atomic E-state index is -0.255. The fourth-order valence-electron chi connectivity index (χ4n) is 3.60. The summed E-state index contributed by atoms with van der Waals surface area (Å²) in [5.74, 6) is 1.53. The van der Waals surface area contributed by atoms with Gasteiger partial charge in [-0.15, -0.1) is 0 Å². The summed E-state index contributed by atoms with van der Waals surface area (Å²) in [7, 11) is 1.55. The highest BCUT2D eigenvalue weighted by molar-refractivity contribution is 5.92. The maximum absolute atomic E-state index is 12.5. The number of carbonyl (C=O) groups excluding carboxylic acids is 1. The van der Waals surface area contributed by atoms with Gasteiger partial charge in [0.15, 0.2) is 12.0 Å². The number of benzene rings is 3. The molecule has 168 valence electrons. The molecule has 0 unspecified atom stereocenters. The molecule has 33 heavy (non-hydrogen) atoms. The zero-order valence-electron chi connectivity index (χ0n) is 19.0. The summed E-state index contributed by atoms with van der Waals surface area (Å²) in [5, 5.41) is 3.29. The van der Waals surface area contributed by atoms with Crippen molar-refractivity contribution < 1.29 is 18.7 Å². The molecular weight excluding hydrogens is 418 g/mol. The maximum atomic E-state index is 12.5. The monoisotopic (exact) mass is 443 g/mol. The molecule has 0 aliphatic heterocycles. The van der Waals surface area contributed by atoms with Crippen molar-refractivity contribution in [1.82, 2.24) is 0 Å². The fraction of sp³-hybridized carbons (Fsp3) is 0.185. The topological polar surface area (TPSA) is 77.8 Å². The van der Waals surface area contributed by atoms with Crippen LogP contribution in [0.1, 0.15) is 16.7 Å². The van der Waals surface area contributed by atoms with Crippen LogP contribution in [0.25, 0.3) is 22.3 Å². The first-order valence-corrected chi connectivity index (χ1v) is 10.6. The van der Waals surface area contributed by atoms with E-state index in [0.29, 0.717) is 28.2 Å². The summed E-state index contributed by atoms with van der Waals surface area (Å²) >= 11 is 0. The largest absolute Gasteiger partial charge is 0.497 e. The van der Waals surface area contributed by atoms with Gasteiger partial charge in [-0.05, 0) is 79.9 Å². The number of amides is 1. The maximum Gasteiger partial charge on any atom is 0.262 e. The first-order chi connectivity index (χ1) is 15.9. The SMILES string of the molecule is COc1ccc2oc(-c3ccc(NC(=O)COc4c(C)ccc(C)c4C)cc3)cc(=O)c2c1. The van der Waals surface area contributed by atoms with Gasteiger partial charge in [-0.1, -0.05) is 12.1 Å². The highest BCUT2D eigenvalue weighted by Crippen LogP contribution is 2.27. The molecule has 0 radical (unpaired) electrons. The third kappa shape index (κ3) is 4.75. The van der Waals surface area contributed by atoms with Crippen LogP contribution in [-0.2, 0) is 4.79 Å². The Bertz CT molecular complexity index is 1390. The lowest BCUT2D eigenvalue weighted by molar-refractivity contribution is -0.118. The molecule has 0 saturated carbocycles. The van der Waals surface area contributed by atoms with E-state index in [0.717, 1.165) is 28.0 Å². The molecule has 1 amide bonds. The smallest absolute Gasteiger partial charge is 0.262 e. The Hall–Kier alpha value is -4.06. The number of rotatable bonds is 6. The number of carbonyl (C=O) groups is 1. The van der Waals surface area contributed by atoms with Crippen LogP contribution in [0.2, 0.25) is 0 Å². The second-order valence-corrected chi connectivity index (χ2v) is 7.90. The first kappa shape index (κ1) is 22.1. The molecule has 6 nitrogen and oxygen atoms in total. The van der Waals surface area contributed by atoms with Crippen molar-refractivity contribution >= 4 is 22.6 Å². The molecule has 1 aromatic heterocycles. The fourth-order valence-corrected chi connectivity index (χ4v) is 3.60. The molecule has 0 spiro atoms. The van der Waals surface area contributed by atoms with Gasteiger partial charge < -0.3 is 19.2 Å². The Balaban J connectivity index is 1.46. The lowest BCUT2D eigenvalue weighted by Gasteiger charge is -2.14. The second kappa shape index (κ2) is 9.20. The Morgan fingerprint density at radius 3 is 2.39 bits per heavy atom. The molecule has 4 rings (SSSR count). The first-order valence-electron chi connectivity index (χ1n) is 10.6. The van der Waals surface area contributed by atoms with Crippen molar-refractivity contribution in [3.05, 3.63) is 87.6 Å². The van der Waals surface area contributed by atoms with Crippen LogP contribution in [0.3, 0.4) is 0 Å². The minimum Gasteiger partial charge on any atom is -0.497 e. The van der Waals surface area contributed by atoms with Crippen molar-refractivity contribution in [1.29, 1.82) is 0 Å². The molecular formula is C27H25NO5. The summed E-state index contributed by atoms with van der Waals surface area (Å²) in [5.41, 5.74) is 4.82. The number of nitrogens with one attached hydrogen (secondary N) is 1. The van der Waals surface area contributed by atoms with E-state index in [1.54, 1.807) is 49.6 Å². The molecule has 1 N–H and O–H groups in total. The number of hydrogen-bond donors (Lipinski definition) is 1. The van der Waals surface area contributed by atoms with Crippen LogP contribution >= 0.6 is 0 Å². The third-order valence-electron chi connectivity index (χ3n) is 5.61. The van der Waals surface area contributed by atoms with Crippen LogP contribution in [0, 0.1) is 20.8 Å². The van der Waals surface area contributed by atoms with Gasteiger partial charge in [0.05, 0.1) is 12.5 Å². The molecule has 3 aromatic carbocycles. The average molecular weight is 443 g/mol. The van der Waals surface area contributed by atoms with Crippen LogP contribution < -0.4 is 20.2 Å². The third-order valence-corrected chi connectivity index (χ3v) is 5.61. The summed E-state index contributed by atoms with van der Waals surface area (Å²) in [6.07, 6.45) is 0. The van der Waals surface area contributed by atoms with E-state index in [9.17, 15) is 9.59 Å². The van der Waals surface area contributed by atoms with Crippen molar-refractivity contribution in [2.24, 2.45) is 0 Å². The van der Waals surface area contributed by atoms with E-state index >= 15 is 0 Å². The van der Waals surface area contributed by atoms with Gasteiger partial charge in [-0.3, -0.25) is 9.59 Å². The molecule has 0 saturated heterocycles. The molecule has 0 atom stereocenters. The van der Waals surface area contributed by atoms with E-state index in [1.165, 1.54) is 6.07 Å². The second-order valence-electron chi connectivity index (χ2n) is 7.90. The lowest BCUT2D eigenvalue weighted by Crippen LogP contribution is -2.20. The highest BCUT2D eigenvalue weighted by Gasteiger charge is 2.11. The Morgan fingerprint density at radius 2 is 1.67 bits per heavy atom. The standard InChI is InChI=1S/C27H25NO5/c1-16-5-6-17(2)27(18(16)3)32-15-26(30)28-20-9-7-19(8-10-20)25-14-23(29)22-13-21(31-4)11-12-24(22)33-25/h5-14H,15H2,1-4H3,(H,28,30). The zero-order valence-corrected chi connectivity index (χ0v) is 19.0. The summed E-state index contributed by atoms with van der Waals surface area (Å²) < 4.78 is 16.9. The molecule has 0 fully saturated rings. The van der Waals surface area contributed by atoms with Gasteiger partial charge in [0, 0.05) is 17.3 Å². The number of fused-ring (bicyclic) bond motifs is 1. The van der Waals surface area contributed by atoms with E-state index in [4.69, 9.17) is 13.9 Å². The average Bonchev–Trinajstić information content (AvgIpc) is 2.81. The zero-order chi connectivity index (χ0) is 23.5. The van der Waals surface area contributed by atoms with Crippen LogP contribution in [0.4, 0.5) is 5.69 Å². The Labute approximate surface area is 191 Å². The van der Waals surface area contributed by atoms with Crippen LogP contribution in [-0.4, -0.2) is 19.6 Å². The molecule has 4 aromatic rings. The lowest BCUT2D eigenvalue weighted by atomic mass is 10.1. The Morgan fingerprint density at radius 1 is 0.939 bits per heavy atom. The summed E-state index contributed by atoms with van der Waals surface area (Å²) in [6.45, 7) is 5.86. The van der Waals surface area contributed by atoms with Crippen molar-refractivity contribution in [3.63, 3.8) is 0 Å². The predicted octanol–water partition coefficient (Wildman–Crippen LogP) is 5.41. The number of methoxy groups -OCH3 is 1. The van der Waals surface area contributed by atoms with Crippen molar-refractivity contribution in [3.8, 4) is 22.8 Å². The summed E-state index contributed by atoms with van der Waals surface area (Å²) in [6, 6.07) is 17.7. The van der Waals surface area contributed by atoms with E-state index in [2.05, 4.69) is 5.32 Å². The molecule has 1 heterocycles. The quantitative estimate of drug-likeness (QED) is 0.431. The van der Waals surface area contributed by atoms with Crippen molar-refractivity contribution in [2.75, 3.05) is 19.0 Å². The highest BCUT2D eigenvalue weighted by atomic mass is 16.5. The Kier molecular flexibility index (Phi) is 6.18. The predicted molar refractivity (Wildman–Crippen MR) is 129 cm³/mol. The number of aryl methyl sites for hydroxylation is 2. The van der Waals surface area contributed by atoms with E-state index < -0.39 is 0 Å². The van der Waals surface area contributed by atoms with Crippen LogP contribution in [0.15, 0.2) is 69.9 Å². The van der Waals surface area contributed by atoms with Gasteiger partial charge in [-0.25, -0.2) is 0 Å². The minimum absolute atomic E-state index is 0.0874. The number of hydrogen-bond acceptors (Lipinski definition) is 5. The van der Waals surface area contributed by atoms with Crippen molar-refractivity contribution in [2.45, 2.75) is 20.8 Å². The molecule has 6 heteroatoms.